The molecule has 13 heteroatoms. The van der Waals surface area contributed by atoms with Gasteiger partial charge in [-0.2, -0.15) is 0 Å². The number of carbonyl (C=O) groups is 4. The Kier molecular flexibility index (Phi) is 12.4. The highest BCUT2D eigenvalue weighted by Crippen LogP contribution is 2.21. The number of Topliss-reactive ketones (excluding diaryl/α,β-unsaturated/α-hetero) is 1. The SMILES string of the molecule is COCC(NC(=O)c1cnc(C)s1)C(=O)NC(COC)C(=O)N[C@H](C(=O)[C@H](O)CO)C(C)c1ccccc1. The summed E-state index contributed by atoms with van der Waals surface area (Å²) in [7, 11) is 2.69. The first-order chi connectivity index (χ1) is 18.1. The molecule has 0 saturated heterocycles. The zero-order valence-corrected chi connectivity index (χ0v) is 22.5. The molecule has 2 aromatic rings. The molecular formula is C25H34N4O8S. The molecule has 0 aliphatic heterocycles. The third kappa shape index (κ3) is 8.67. The number of methoxy groups -OCH3 is 2. The van der Waals surface area contributed by atoms with Gasteiger partial charge < -0.3 is 35.6 Å². The minimum atomic E-state index is -1.71. The molecule has 5 N–H and O–H groups in total. The third-order valence-electron chi connectivity index (χ3n) is 5.70. The number of nitrogens with one attached hydrogen (secondary N) is 3. The number of benzene rings is 1. The van der Waals surface area contributed by atoms with Gasteiger partial charge >= 0.3 is 0 Å². The van der Waals surface area contributed by atoms with E-state index in [1.54, 1.807) is 44.2 Å². The molecule has 208 valence electrons. The molecule has 3 unspecified atom stereocenters. The number of aryl methyl sites for hydroxylation is 1. The van der Waals surface area contributed by atoms with Crippen LogP contribution < -0.4 is 16.0 Å². The number of hydrogen-bond donors (Lipinski definition) is 5. The van der Waals surface area contributed by atoms with Gasteiger partial charge in [-0.05, 0) is 12.5 Å². The summed E-state index contributed by atoms with van der Waals surface area (Å²) in [5.41, 5.74) is 0.713. The lowest BCUT2D eigenvalue weighted by atomic mass is 9.88. The molecule has 0 spiro atoms. The number of aliphatic hydroxyl groups is 2. The topological polar surface area (TPSA) is 176 Å². The Bertz CT molecular complexity index is 1080. The molecule has 0 fully saturated rings. The second-order valence-electron chi connectivity index (χ2n) is 8.53. The number of aromatic nitrogens is 1. The van der Waals surface area contributed by atoms with E-state index in [0.717, 1.165) is 11.3 Å². The van der Waals surface area contributed by atoms with Crippen molar-refractivity contribution < 1.29 is 38.9 Å². The van der Waals surface area contributed by atoms with Crippen LogP contribution in [0.5, 0.6) is 0 Å². The van der Waals surface area contributed by atoms with Gasteiger partial charge in [0.2, 0.25) is 11.8 Å². The van der Waals surface area contributed by atoms with E-state index in [2.05, 4.69) is 20.9 Å². The Labute approximate surface area is 224 Å². The fourth-order valence-corrected chi connectivity index (χ4v) is 4.29. The predicted octanol–water partition coefficient (Wildman–Crippen LogP) is -0.462. The van der Waals surface area contributed by atoms with E-state index in [9.17, 15) is 29.4 Å². The smallest absolute Gasteiger partial charge is 0.263 e. The Morgan fingerprint density at radius 1 is 0.974 bits per heavy atom. The maximum Gasteiger partial charge on any atom is 0.263 e. The van der Waals surface area contributed by atoms with Gasteiger partial charge in [-0.3, -0.25) is 19.2 Å². The van der Waals surface area contributed by atoms with E-state index in [4.69, 9.17) is 9.47 Å². The Balaban J connectivity index is 2.20. The van der Waals surface area contributed by atoms with Crippen LogP contribution in [0.25, 0.3) is 0 Å². The average molecular weight is 551 g/mol. The van der Waals surface area contributed by atoms with Crippen LogP contribution in [0.4, 0.5) is 0 Å². The van der Waals surface area contributed by atoms with E-state index in [1.807, 2.05) is 0 Å². The molecule has 2 rings (SSSR count). The number of ketones is 1. The summed E-state index contributed by atoms with van der Waals surface area (Å²) in [6.45, 7) is 2.19. The molecule has 0 aliphatic carbocycles. The highest BCUT2D eigenvalue weighted by Gasteiger charge is 2.35. The van der Waals surface area contributed by atoms with Crippen LogP contribution in [0, 0.1) is 6.92 Å². The van der Waals surface area contributed by atoms with Crippen molar-refractivity contribution in [2.45, 2.75) is 44.0 Å². The van der Waals surface area contributed by atoms with E-state index in [-0.39, 0.29) is 13.2 Å². The summed E-state index contributed by atoms with van der Waals surface area (Å²) in [4.78, 5) is 56.0. The molecule has 38 heavy (non-hydrogen) atoms. The lowest BCUT2D eigenvalue weighted by molar-refractivity contribution is -0.137. The lowest BCUT2D eigenvalue weighted by Gasteiger charge is -2.28. The van der Waals surface area contributed by atoms with Crippen molar-refractivity contribution in [2.24, 2.45) is 0 Å². The van der Waals surface area contributed by atoms with Crippen molar-refractivity contribution in [3.63, 3.8) is 0 Å². The number of rotatable bonds is 15. The van der Waals surface area contributed by atoms with Crippen LogP contribution >= 0.6 is 11.3 Å². The zero-order chi connectivity index (χ0) is 28.2. The largest absolute Gasteiger partial charge is 0.393 e. The van der Waals surface area contributed by atoms with Gasteiger partial charge in [0.15, 0.2) is 5.78 Å². The summed E-state index contributed by atoms with van der Waals surface area (Å²) >= 11 is 1.16. The van der Waals surface area contributed by atoms with E-state index < -0.39 is 60.3 Å². The van der Waals surface area contributed by atoms with Gasteiger partial charge in [-0.1, -0.05) is 37.3 Å². The standard InChI is InChI=1S/C25H34N4O8S/c1-14(16-8-6-5-7-9-16)21(22(32)19(31)11-30)29-24(34)18(13-37-4)27-23(33)17(12-36-3)28-25(35)20-10-26-15(2)38-20/h5-10,14,17-19,21,30-31H,11-13H2,1-4H3,(H,27,33)(H,28,35)(H,29,34)/t14?,17?,18?,19-,21+/m1/s1. The second kappa shape index (κ2) is 15.2. The van der Waals surface area contributed by atoms with Crippen LogP contribution in [0.1, 0.15) is 33.1 Å². The second-order valence-corrected chi connectivity index (χ2v) is 9.76. The summed E-state index contributed by atoms with van der Waals surface area (Å²) in [6.07, 6.45) is -0.317. The molecule has 12 nitrogen and oxygen atoms in total. The number of ether oxygens (including phenoxy) is 2. The van der Waals surface area contributed by atoms with Crippen LogP contribution in [0.15, 0.2) is 36.5 Å². The minimum Gasteiger partial charge on any atom is -0.393 e. The number of aliphatic hydroxyl groups excluding tert-OH is 2. The van der Waals surface area contributed by atoms with Crippen molar-refractivity contribution in [2.75, 3.05) is 34.0 Å². The maximum absolute atomic E-state index is 13.2. The fourth-order valence-electron chi connectivity index (χ4n) is 3.61. The maximum atomic E-state index is 13.2. The lowest BCUT2D eigenvalue weighted by Crippen LogP contribution is -2.59. The molecule has 1 aromatic heterocycles. The Morgan fingerprint density at radius 3 is 2.08 bits per heavy atom. The monoisotopic (exact) mass is 550 g/mol. The average Bonchev–Trinajstić information content (AvgIpc) is 3.36. The van der Waals surface area contributed by atoms with Gasteiger partial charge in [-0.25, -0.2) is 4.98 Å². The molecule has 3 amide bonds. The van der Waals surface area contributed by atoms with Crippen LogP contribution in [-0.2, 0) is 23.9 Å². The van der Waals surface area contributed by atoms with Crippen LogP contribution in [0.2, 0.25) is 0 Å². The predicted molar refractivity (Wildman–Crippen MR) is 139 cm³/mol. The zero-order valence-electron chi connectivity index (χ0n) is 21.7. The van der Waals surface area contributed by atoms with Gasteiger partial charge in [0.25, 0.3) is 5.91 Å². The van der Waals surface area contributed by atoms with Crippen molar-refractivity contribution in [1.29, 1.82) is 0 Å². The third-order valence-corrected chi connectivity index (χ3v) is 6.61. The normalized spacial score (nSPS) is 15.0. The molecule has 0 saturated carbocycles. The Hall–Kier alpha value is -3.23. The van der Waals surface area contributed by atoms with Gasteiger partial charge in [0, 0.05) is 20.1 Å². The van der Waals surface area contributed by atoms with Crippen molar-refractivity contribution in [3.05, 3.63) is 52.0 Å². The van der Waals surface area contributed by atoms with E-state index in [1.165, 1.54) is 20.4 Å². The summed E-state index contributed by atoms with van der Waals surface area (Å²) < 4.78 is 10.2. The molecule has 1 heterocycles. The first kappa shape index (κ1) is 31.0. The molecule has 0 bridgehead atoms. The molecule has 0 aliphatic rings. The van der Waals surface area contributed by atoms with Gasteiger partial charge in [0.1, 0.15) is 23.1 Å². The first-order valence-corrected chi connectivity index (χ1v) is 12.6. The van der Waals surface area contributed by atoms with E-state index in [0.29, 0.717) is 15.4 Å². The molecule has 1 aromatic carbocycles. The van der Waals surface area contributed by atoms with Crippen molar-refractivity contribution in [3.8, 4) is 0 Å². The Morgan fingerprint density at radius 2 is 1.55 bits per heavy atom. The highest BCUT2D eigenvalue weighted by molar-refractivity contribution is 7.13. The minimum absolute atomic E-state index is 0.175. The van der Waals surface area contributed by atoms with Crippen LogP contribution in [0.3, 0.4) is 0 Å². The number of hydrogen-bond acceptors (Lipinski definition) is 10. The van der Waals surface area contributed by atoms with E-state index >= 15 is 0 Å². The first-order valence-electron chi connectivity index (χ1n) is 11.8. The number of thiazole rings is 1. The fraction of sp³-hybridized carbons (Fsp3) is 0.480. The molecule has 0 radical (unpaired) electrons. The molecular weight excluding hydrogens is 516 g/mol. The molecule has 5 atom stereocenters. The highest BCUT2D eigenvalue weighted by atomic mass is 32.1. The quantitative estimate of drug-likeness (QED) is 0.196. The number of amides is 3. The number of carbonyl (C=O) groups excluding carboxylic acids is 4. The van der Waals surface area contributed by atoms with Crippen LogP contribution in [-0.4, -0.2) is 97.0 Å². The number of nitrogens with zero attached hydrogens (tertiary/aromatic N) is 1. The van der Waals surface area contributed by atoms with Gasteiger partial charge in [0.05, 0.1) is 37.1 Å². The van der Waals surface area contributed by atoms with Crippen molar-refractivity contribution in [1.82, 2.24) is 20.9 Å². The summed E-state index contributed by atoms with van der Waals surface area (Å²) in [6, 6.07) is 5.25. The van der Waals surface area contributed by atoms with Crippen molar-refractivity contribution >= 4 is 34.8 Å². The summed E-state index contributed by atoms with van der Waals surface area (Å²) in [5, 5.41) is 27.7. The summed E-state index contributed by atoms with van der Waals surface area (Å²) in [5.74, 6) is -3.36. The van der Waals surface area contributed by atoms with Gasteiger partial charge in [-0.15, -0.1) is 11.3 Å².